The van der Waals surface area contributed by atoms with E-state index in [1.54, 1.807) is 0 Å². The summed E-state index contributed by atoms with van der Waals surface area (Å²) >= 11 is 0. The third kappa shape index (κ3) is 2.76. The summed E-state index contributed by atoms with van der Waals surface area (Å²) in [5.41, 5.74) is 5.95. The van der Waals surface area contributed by atoms with E-state index in [2.05, 4.69) is 11.8 Å². The van der Waals surface area contributed by atoms with E-state index in [9.17, 15) is 0 Å². The Morgan fingerprint density at radius 1 is 1.31 bits per heavy atom. The zero-order valence-electron chi connectivity index (χ0n) is 10.5. The summed E-state index contributed by atoms with van der Waals surface area (Å²) in [5, 5.41) is 0. The van der Waals surface area contributed by atoms with Crippen LogP contribution in [0.4, 0.5) is 0 Å². The minimum absolute atomic E-state index is 0.477. The van der Waals surface area contributed by atoms with E-state index >= 15 is 0 Å². The van der Waals surface area contributed by atoms with E-state index in [4.69, 9.17) is 10.5 Å². The predicted octanol–water partition coefficient (Wildman–Crippen LogP) is 1.61. The van der Waals surface area contributed by atoms with Crippen LogP contribution >= 0.6 is 0 Å². The first-order valence-corrected chi connectivity index (χ1v) is 6.90. The standard InChI is InChI=1S/C13H26N2O/c1-2-11-5-3-7-15(13(11)9-14)10-12-6-4-8-16-12/h11-13H,2-10,14H2,1H3. The zero-order valence-corrected chi connectivity index (χ0v) is 10.5. The Bertz CT molecular complexity index is 204. The third-order valence-electron chi connectivity index (χ3n) is 4.26. The van der Waals surface area contributed by atoms with Crippen LogP contribution < -0.4 is 5.73 Å². The Morgan fingerprint density at radius 3 is 2.81 bits per heavy atom. The second-order valence-electron chi connectivity index (χ2n) is 5.24. The van der Waals surface area contributed by atoms with Crippen LogP contribution in [-0.4, -0.2) is 43.3 Å². The largest absolute Gasteiger partial charge is 0.377 e. The van der Waals surface area contributed by atoms with Gasteiger partial charge in [0, 0.05) is 25.7 Å². The lowest BCUT2D eigenvalue weighted by atomic mass is 9.87. The summed E-state index contributed by atoms with van der Waals surface area (Å²) < 4.78 is 5.73. The first kappa shape index (κ1) is 12.3. The van der Waals surface area contributed by atoms with Gasteiger partial charge in [-0.25, -0.2) is 0 Å². The maximum Gasteiger partial charge on any atom is 0.0702 e. The molecule has 0 saturated carbocycles. The van der Waals surface area contributed by atoms with Crippen molar-refractivity contribution in [1.82, 2.24) is 4.90 Å². The molecule has 2 aliphatic rings. The molecule has 2 N–H and O–H groups in total. The molecular formula is C13H26N2O. The zero-order chi connectivity index (χ0) is 11.4. The van der Waals surface area contributed by atoms with Crippen LogP contribution in [0, 0.1) is 5.92 Å². The monoisotopic (exact) mass is 226 g/mol. The molecule has 0 aliphatic carbocycles. The summed E-state index contributed by atoms with van der Waals surface area (Å²) in [4.78, 5) is 2.59. The van der Waals surface area contributed by atoms with Gasteiger partial charge in [-0.15, -0.1) is 0 Å². The fourth-order valence-electron chi connectivity index (χ4n) is 3.31. The molecule has 0 radical (unpaired) electrons. The Morgan fingerprint density at radius 2 is 2.19 bits per heavy atom. The maximum atomic E-state index is 5.95. The minimum atomic E-state index is 0.477. The van der Waals surface area contributed by atoms with Crippen LogP contribution in [0.1, 0.15) is 39.0 Å². The van der Waals surface area contributed by atoms with Crippen molar-refractivity contribution in [2.75, 3.05) is 26.2 Å². The van der Waals surface area contributed by atoms with Crippen LogP contribution in [0.5, 0.6) is 0 Å². The summed E-state index contributed by atoms with van der Waals surface area (Å²) in [6, 6.07) is 0.600. The Labute approximate surface area is 99.3 Å². The normalized spacial score (nSPS) is 36.8. The molecule has 3 heteroatoms. The lowest BCUT2D eigenvalue weighted by molar-refractivity contribution is 0.0263. The first-order chi connectivity index (χ1) is 7.85. The van der Waals surface area contributed by atoms with Crippen molar-refractivity contribution < 1.29 is 4.74 Å². The highest BCUT2D eigenvalue weighted by Gasteiger charge is 2.31. The highest BCUT2D eigenvalue weighted by molar-refractivity contribution is 4.86. The average Bonchev–Trinajstić information content (AvgIpc) is 2.81. The first-order valence-electron chi connectivity index (χ1n) is 6.90. The number of hydrogen-bond donors (Lipinski definition) is 1. The van der Waals surface area contributed by atoms with Crippen molar-refractivity contribution in [2.45, 2.75) is 51.2 Å². The van der Waals surface area contributed by atoms with Gasteiger partial charge in [-0.05, 0) is 38.1 Å². The Balaban J connectivity index is 1.89. The molecule has 2 rings (SSSR count). The number of piperidine rings is 1. The molecule has 94 valence electrons. The van der Waals surface area contributed by atoms with Crippen molar-refractivity contribution in [3.05, 3.63) is 0 Å². The third-order valence-corrected chi connectivity index (χ3v) is 4.26. The van der Waals surface area contributed by atoms with E-state index in [-0.39, 0.29) is 0 Å². The van der Waals surface area contributed by atoms with Crippen molar-refractivity contribution in [1.29, 1.82) is 0 Å². The second kappa shape index (κ2) is 5.99. The fourth-order valence-corrected chi connectivity index (χ4v) is 3.31. The number of nitrogens with zero attached hydrogens (tertiary/aromatic N) is 1. The van der Waals surface area contributed by atoms with Gasteiger partial charge in [-0.3, -0.25) is 4.90 Å². The van der Waals surface area contributed by atoms with Gasteiger partial charge < -0.3 is 10.5 Å². The number of hydrogen-bond acceptors (Lipinski definition) is 3. The molecule has 2 aliphatic heterocycles. The molecule has 16 heavy (non-hydrogen) atoms. The summed E-state index contributed by atoms with van der Waals surface area (Å²) in [6.45, 7) is 6.40. The van der Waals surface area contributed by atoms with Crippen LogP contribution in [0.15, 0.2) is 0 Å². The fraction of sp³-hybridized carbons (Fsp3) is 1.00. The van der Waals surface area contributed by atoms with Gasteiger partial charge in [0.05, 0.1) is 6.10 Å². The Hall–Kier alpha value is -0.120. The van der Waals surface area contributed by atoms with Gasteiger partial charge >= 0.3 is 0 Å². The molecule has 0 bridgehead atoms. The highest BCUT2D eigenvalue weighted by atomic mass is 16.5. The molecule has 2 heterocycles. The molecule has 3 nitrogen and oxygen atoms in total. The van der Waals surface area contributed by atoms with E-state index in [0.29, 0.717) is 12.1 Å². The van der Waals surface area contributed by atoms with Crippen LogP contribution in [-0.2, 0) is 4.74 Å². The van der Waals surface area contributed by atoms with Gasteiger partial charge in [0.1, 0.15) is 0 Å². The molecule has 0 aromatic rings. The molecule has 2 saturated heterocycles. The lowest BCUT2D eigenvalue weighted by Gasteiger charge is -2.41. The Kier molecular flexibility index (Phi) is 4.62. The molecule has 0 amide bonds. The van der Waals surface area contributed by atoms with Crippen molar-refractivity contribution in [2.24, 2.45) is 11.7 Å². The van der Waals surface area contributed by atoms with Crippen molar-refractivity contribution in [3.8, 4) is 0 Å². The SMILES string of the molecule is CCC1CCCN(CC2CCCO2)C1CN. The van der Waals surface area contributed by atoms with Crippen molar-refractivity contribution >= 4 is 0 Å². The molecule has 3 unspecified atom stereocenters. The molecule has 0 aromatic heterocycles. The van der Waals surface area contributed by atoms with Crippen LogP contribution in [0.25, 0.3) is 0 Å². The number of nitrogens with two attached hydrogens (primary N) is 1. The van der Waals surface area contributed by atoms with Gasteiger partial charge in [-0.1, -0.05) is 13.3 Å². The predicted molar refractivity (Wildman–Crippen MR) is 66.4 cm³/mol. The van der Waals surface area contributed by atoms with E-state index in [1.165, 1.54) is 38.6 Å². The average molecular weight is 226 g/mol. The molecule has 0 aromatic carbocycles. The van der Waals surface area contributed by atoms with Gasteiger partial charge in [0.25, 0.3) is 0 Å². The molecular weight excluding hydrogens is 200 g/mol. The molecule has 2 fully saturated rings. The van der Waals surface area contributed by atoms with Gasteiger partial charge in [-0.2, -0.15) is 0 Å². The van der Waals surface area contributed by atoms with Crippen molar-refractivity contribution in [3.63, 3.8) is 0 Å². The van der Waals surface area contributed by atoms with Crippen LogP contribution in [0.2, 0.25) is 0 Å². The van der Waals surface area contributed by atoms with E-state index < -0.39 is 0 Å². The van der Waals surface area contributed by atoms with Gasteiger partial charge in [0.15, 0.2) is 0 Å². The quantitative estimate of drug-likeness (QED) is 0.791. The molecule has 0 spiro atoms. The number of rotatable bonds is 4. The smallest absolute Gasteiger partial charge is 0.0702 e. The summed E-state index contributed by atoms with van der Waals surface area (Å²) in [6.07, 6.45) is 6.92. The van der Waals surface area contributed by atoms with Crippen LogP contribution in [0.3, 0.4) is 0 Å². The minimum Gasteiger partial charge on any atom is -0.377 e. The topological polar surface area (TPSA) is 38.5 Å². The second-order valence-corrected chi connectivity index (χ2v) is 5.24. The summed E-state index contributed by atoms with van der Waals surface area (Å²) in [7, 11) is 0. The van der Waals surface area contributed by atoms with Gasteiger partial charge in [0.2, 0.25) is 0 Å². The molecule has 3 atom stereocenters. The van der Waals surface area contributed by atoms with E-state index in [1.807, 2.05) is 0 Å². The lowest BCUT2D eigenvalue weighted by Crippen LogP contribution is -2.51. The maximum absolute atomic E-state index is 5.95. The summed E-state index contributed by atoms with van der Waals surface area (Å²) in [5.74, 6) is 0.806. The van der Waals surface area contributed by atoms with E-state index in [0.717, 1.165) is 25.6 Å². The highest BCUT2D eigenvalue weighted by Crippen LogP contribution is 2.27. The number of likely N-dealkylation sites (tertiary alicyclic amines) is 1. The number of ether oxygens (including phenoxy) is 1.